The molecule has 0 rings (SSSR count). The molecule has 0 amide bonds. The molecule has 0 bridgehead atoms. The second-order valence-corrected chi connectivity index (χ2v) is 17.4. The van der Waals surface area contributed by atoms with Crippen LogP contribution in [-0.4, -0.2) is 87.4 Å². The van der Waals surface area contributed by atoms with E-state index in [1.165, 1.54) is 96.3 Å². The third-order valence-electron chi connectivity index (χ3n) is 10.2. The summed E-state index contributed by atoms with van der Waals surface area (Å²) in [6.45, 7) is 4.67. The fraction of sp³-hybridized carbons (Fsp3) is 0.717. The number of carboxylic acid groups (broad SMARTS) is 1. The number of quaternary nitrogens is 1. The molecule has 2 unspecified atom stereocenters. The zero-order valence-corrected chi connectivity index (χ0v) is 40.3. The van der Waals surface area contributed by atoms with Crippen molar-refractivity contribution in [3.8, 4) is 0 Å². The van der Waals surface area contributed by atoms with Crippen LogP contribution in [0, 0.1) is 0 Å². The van der Waals surface area contributed by atoms with Crippen LogP contribution >= 0.6 is 0 Å². The van der Waals surface area contributed by atoms with E-state index in [2.05, 4.69) is 74.6 Å². The number of ether oxygens (including phenoxy) is 4. The molecular weight excluding hydrogens is 779 g/mol. The van der Waals surface area contributed by atoms with E-state index in [-0.39, 0.29) is 38.6 Å². The number of hydrogen-bond donors (Lipinski definition) is 1. The van der Waals surface area contributed by atoms with E-state index in [4.69, 9.17) is 18.9 Å². The lowest BCUT2D eigenvalue weighted by Crippen LogP contribution is -2.40. The van der Waals surface area contributed by atoms with Gasteiger partial charge in [0.15, 0.2) is 6.10 Å². The summed E-state index contributed by atoms with van der Waals surface area (Å²) in [6, 6.07) is 0. The molecule has 0 aromatic rings. The first-order valence-electron chi connectivity index (χ1n) is 24.6. The molecule has 0 fully saturated rings. The van der Waals surface area contributed by atoms with Gasteiger partial charge in [0.25, 0.3) is 6.29 Å². The van der Waals surface area contributed by atoms with Gasteiger partial charge in [-0.05, 0) is 51.4 Å². The molecule has 0 aliphatic carbocycles. The molecule has 0 aliphatic rings. The Morgan fingerprint density at radius 2 is 0.919 bits per heavy atom. The summed E-state index contributed by atoms with van der Waals surface area (Å²) in [5, 5.41) is 9.65. The van der Waals surface area contributed by atoms with Gasteiger partial charge in [0, 0.05) is 12.8 Å². The summed E-state index contributed by atoms with van der Waals surface area (Å²) >= 11 is 0. The maximum Gasteiger partial charge on any atom is 0.361 e. The molecule has 0 aromatic carbocycles. The number of carbonyl (C=O) groups excluding carboxylic acids is 2. The van der Waals surface area contributed by atoms with Gasteiger partial charge in [-0.2, -0.15) is 0 Å². The molecule has 0 radical (unpaired) electrons. The Kier molecular flexibility index (Phi) is 42.0. The highest BCUT2D eigenvalue weighted by atomic mass is 16.7. The number of hydrogen-bond acceptors (Lipinski definition) is 7. The lowest BCUT2D eigenvalue weighted by molar-refractivity contribution is -0.870. The predicted octanol–water partition coefficient (Wildman–Crippen LogP) is 13.5. The SMILES string of the molecule is CC/C=C\C/C=C\C/C=C\C/C=C\C/C=C\C/C=C\CCC(=O)OC(COC(=O)CCCCCCCCCCCCCCCCCCCC)COC(OCC[N+](C)(C)C)C(=O)O. The maximum absolute atomic E-state index is 12.8. The Balaban J connectivity index is 4.49. The zero-order valence-electron chi connectivity index (χ0n) is 40.3. The Hall–Kier alpha value is -3.27. The van der Waals surface area contributed by atoms with Crippen LogP contribution in [0.25, 0.3) is 0 Å². The van der Waals surface area contributed by atoms with Crippen LogP contribution in [0.15, 0.2) is 72.9 Å². The highest BCUT2D eigenvalue weighted by Gasteiger charge is 2.25. The summed E-state index contributed by atoms with van der Waals surface area (Å²) in [4.78, 5) is 37.2. The van der Waals surface area contributed by atoms with Crippen molar-refractivity contribution in [2.75, 3.05) is 47.5 Å². The fourth-order valence-electron chi connectivity index (χ4n) is 6.45. The summed E-state index contributed by atoms with van der Waals surface area (Å²) in [7, 11) is 5.93. The molecular formula is C53H92NO8+. The van der Waals surface area contributed by atoms with E-state index in [0.717, 1.165) is 57.8 Å². The van der Waals surface area contributed by atoms with Crippen molar-refractivity contribution < 1.29 is 42.9 Å². The van der Waals surface area contributed by atoms with Gasteiger partial charge in [0.05, 0.1) is 34.4 Å². The van der Waals surface area contributed by atoms with Crippen molar-refractivity contribution in [2.45, 2.75) is 200 Å². The minimum atomic E-state index is -1.53. The van der Waals surface area contributed by atoms with Crippen LogP contribution in [0.2, 0.25) is 0 Å². The second-order valence-electron chi connectivity index (χ2n) is 17.4. The molecule has 0 spiro atoms. The van der Waals surface area contributed by atoms with E-state index in [1.807, 2.05) is 33.3 Å². The average Bonchev–Trinajstić information content (AvgIpc) is 3.23. The first-order valence-corrected chi connectivity index (χ1v) is 24.6. The first-order chi connectivity index (χ1) is 30.1. The number of rotatable bonds is 44. The van der Waals surface area contributed by atoms with Crippen LogP contribution in [0.3, 0.4) is 0 Å². The van der Waals surface area contributed by atoms with E-state index < -0.39 is 24.3 Å². The Labute approximate surface area is 379 Å². The van der Waals surface area contributed by atoms with Gasteiger partial charge < -0.3 is 28.5 Å². The molecule has 0 aromatic heterocycles. The average molecular weight is 871 g/mol. The standard InChI is InChI=1S/C53H91NO8/c1-6-8-10-12-14-16-18-20-22-24-26-28-30-32-34-36-38-40-42-44-51(56)62-49(48-61-53(52(57)58)59-46-45-54(3,4)5)47-60-50(55)43-41-39-37-35-33-31-29-27-25-23-21-19-17-15-13-11-9-7-2/h8,10,14,16,20,22,26,28,32,34,38,40,49,53H,6-7,9,11-13,15,17-19,21,23-25,27,29-31,33,35-37,39,41-48H2,1-5H3/p+1/b10-8-,16-14-,22-20-,28-26-,34-32-,40-38-. The van der Waals surface area contributed by atoms with Crippen LogP contribution in [-0.2, 0) is 33.3 Å². The number of nitrogens with zero attached hydrogens (tertiary/aromatic N) is 1. The van der Waals surface area contributed by atoms with Gasteiger partial charge in [0.1, 0.15) is 13.2 Å². The van der Waals surface area contributed by atoms with Gasteiger partial charge in [-0.3, -0.25) is 9.59 Å². The Morgan fingerprint density at radius 3 is 1.34 bits per heavy atom. The van der Waals surface area contributed by atoms with Crippen molar-refractivity contribution in [3.05, 3.63) is 72.9 Å². The van der Waals surface area contributed by atoms with Crippen molar-refractivity contribution in [2.24, 2.45) is 0 Å². The monoisotopic (exact) mass is 871 g/mol. The molecule has 0 saturated heterocycles. The van der Waals surface area contributed by atoms with Crippen molar-refractivity contribution in [3.63, 3.8) is 0 Å². The van der Waals surface area contributed by atoms with Gasteiger partial charge in [-0.15, -0.1) is 0 Å². The predicted molar refractivity (Wildman–Crippen MR) is 258 cm³/mol. The number of aliphatic carboxylic acids is 1. The second kappa shape index (κ2) is 44.3. The van der Waals surface area contributed by atoms with Gasteiger partial charge in [-0.1, -0.05) is 196 Å². The minimum Gasteiger partial charge on any atom is -0.477 e. The molecule has 356 valence electrons. The fourth-order valence-corrected chi connectivity index (χ4v) is 6.45. The number of allylic oxidation sites excluding steroid dienone is 12. The molecule has 1 N–H and O–H groups in total. The number of carbonyl (C=O) groups is 3. The van der Waals surface area contributed by atoms with Crippen molar-refractivity contribution in [1.29, 1.82) is 0 Å². The lowest BCUT2D eigenvalue weighted by atomic mass is 10.0. The molecule has 62 heavy (non-hydrogen) atoms. The van der Waals surface area contributed by atoms with E-state index >= 15 is 0 Å². The molecule has 2 atom stereocenters. The smallest absolute Gasteiger partial charge is 0.361 e. The zero-order chi connectivity index (χ0) is 45.6. The molecule has 9 nitrogen and oxygen atoms in total. The van der Waals surface area contributed by atoms with Crippen LogP contribution in [0.4, 0.5) is 0 Å². The Bertz CT molecular complexity index is 1240. The first kappa shape index (κ1) is 58.7. The highest BCUT2D eigenvalue weighted by Crippen LogP contribution is 2.15. The topological polar surface area (TPSA) is 108 Å². The molecule has 0 saturated carbocycles. The number of unbranched alkanes of at least 4 members (excludes halogenated alkanes) is 17. The highest BCUT2D eigenvalue weighted by molar-refractivity contribution is 5.71. The lowest BCUT2D eigenvalue weighted by Gasteiger charge is -2.25. The minimum absolute atomic E-state index is 0.133. The van der Waals surface area contributed by atoms with Crippen molar-refractivity contribution >= 4 is 17.9 Å². The van der Waals surface area contributed by atoms with E-state index in [9.17, 15) is 19.5 Å². The van der Waals surface area contributed by atoms with Crippen LogP contribution < -0.4 is 0 Å². The van der Waals surface area contributed by atoms with E-state index in [1.54, 1.807) is 0 Å². The Morgan fingerprint density at radius 1 is 0.500 bits per heavy atom. The molecule has 9 heteroatoms. The summed E-state index contributed by atoms with van der Waals surface area (Å²) < 4.78 is 22.7. The summed E-state index contributed by atoms with van der Waals surface area (Å²) in [6.07, 6.45) is 52.7. The quantitative estimate of drug-likeness (QED) is 0.0212. The largest absolute Gasteiger partial charge is 0.477 e. The molecule has 0 aliphatic heterocycles. The molecule has 0 heterocycles. The van der Waals surface area contributed by atoms with E-state index in [0.29, 0.717) is 17.4 Å². The van der Waals surface area contributed by atoms with Crippen LogP contribution in [0.5, 0.6) is 0 Å². The normalized spacial score (nSPS) is 13.5. The maximum atomic E-state index is 12.8. The van der Waals surface area contributed by atoms with Gasteiger partial charge >= 0.3 is 17.9 Å². The number of likely N-dealkylation sites (N-methyl/N-ethyl adjacent to an activating group) is 1. The van der Waals surface area contributed by atoms with Crippen molar-refractivity contribution in [1.82, 2.24) is 0 Å². The summed E-state index contributed by atoms with van der Waals surface area (Å²) in [5.41, 5.74) is 0. The number of carboxylic acids is 1. The van der Waals surface area contributed by atoms with Gasteiger partial charge in [-0.25, -0.2) is 4.79 Å². The van der Waals surface area contributed by atoms with Gasteiger partial charge in [0.2, 0.25) is 0 Å². The number of esters is 2. The summed E-state index contributed by atoms with van der Waals surface area (Å²) in [5.74, 6) is -2.12. The third-order valence-corrected chi connectivity index (χ3v) is 10.2. The van der Waals surface area contributed by atoms with Crippen LogP contribution in [0.1, 0.15) is 187 Å². The third kappa shape index (κ3) is 44.8.